The molecule has 1 aliphatic rings. The minimum Gasteiger partial charge on any atom is -0.457 e. The van der Waals surface area contributed by atoms with E-state index in [0.717, 1.165) is 50.3 Å². The van der Waals surface area contributed by atoms with Crippen molar-refractivity contribution in [3.8, 4) is 11.5 Å². The first-order valence-electron chi connectivity index (χ1n) is 14.9. The van der Waals surface area contributed by atoms with Gasteiger partial charge in [-0.1, -0.05) is 30.9 Å². The molecule has 2 unspecified atom stereocenters. The Morgan fingerprint density at radius 2 is 1.57 bits per heavy atom. The van der Waals surface area contributed by atoms with Crippen LogP contribution in [-0.2, 0) is 6.54 Å². The third-order valence-electron chi connectivity index (χ3n) is 8.28. The summed E-state index contributed by atoms with van der Waals surface area (Å²) >= 11 is 5.94. The second kappa shape index (κ2) is 13.8. The Kier molecular flexibility index (Phi) is 9.93. The molecule has 1 heterocycles. The molecule has 1 amide bonds. The van der Waals surface area contributed by atoms with Crippen molar-refractivity contribution in [2.45, 2.75) is 64.6 Å². The molecule has 1 aliphatic carbocycles. The summed E-state index contributed by atoms with van der Waals surface area (Å²) in [6.07, 6.45) is 4.02. The molecule has 0 spiro atoms. The molecule has 10 heteroatoms. The Morgan fingerprint density at radius 1 is 0.932 bits per heavy atom. The van der Waals surface area contributed by atoms with E-state index in [9.17, 15) is 22.8 Å². The van der Waals surface area contributed by atoms with E-state index in [-0.39, 0.29) is 17.3 Å². The molecule has 1 N–H and O–H groups in total. The molecule has 5 rings (SSSR count). The second-order valence-corrected chi connectivity index (χ2v) is 12.0. The first-order chi connectivity index (χ1) is 21.1. The number of hydrogen-bond donors (Lipinski definition) is 1. The molecule has 232 valence electrons. The average Bonchev–Trinajstić information content (AvgIpc) is 3.45. The zero-order valence-corrected chi connectivity index (χ0v) is 25.3. The van der Waals surface area contributed by atoms with Crippen molar-refractivity contribution in [3.05, 3.63) is 88.6 Å². The predicted molar refractivity (Wildman–Crippen MR) is 164 cm³/mol. The zero-order valence-electron chi connectivity index (χ0n) is 24.5. The number of nitrogens with zero attached hydrogens (tertiary/aromatic N) is 2. The van der Waals surface area contributed by atoms with E-state index in [1.807, 2.05) is 40.5 Å². The Labute approximate surface area is 259 Å². The van der Waals surface area contributed by atoms with Gasteiger partial charge in [0.25, 0.3) is 5.91 Å². The molecule has 0 radical (unpaired) electrons. The third kappa shape index (κ3) is 8.20. The minimum absolute atomic E-state index is 0.0198. The number of halogens is 4. The van der Waals surface area contributed by atoms with Gasteiger partial charge in [-0.3, -0.25) is 14.3 Å². The maximum atomic E-state index is 13.4. The van der Waals surface area contributed by atoms with Crippen LogP contribution in [-0.4, -0.2) is 34.2 Å². The molecular formula is C34H35ClF3N3O3. The summed E-state index contributed by atoms with van der Waals surface area (Å²) in [6, 6.07) is 17.6. The summed E-state index contributed by atoms with van der Waals surface area (Å²) in [4.78, 5) is 25.8. The highest BCUT2D eigenvalue weighted by atomic mass is 35.5. The van der Waals surface area contributed by atoms with Crippen molar-refractivity contribution < 1.29 is 27.5 Å². The number of aromatic nitrogens is 2. The lowest BCUT2D eigenvalue weighted by Crippen LogP contribution is -2.34. The van der Waals surface area contributed by atoms with Gasteiger partial charge in [0.2, 0.25) is 0 Å². The van der Waals surface area contributed by atoms with Crippen molar-refractivity contribution >= 4 is 34.2 Å². The van der Waals surface area contributed by atoms with Crippen LogP contribution in [0.5, 0.6) is 11.5 Å². The van der Waals surface area contributed by atoms with Gasteiger partial charge in [0.1, 0.15) is 18.0 Å². The van der Waals surface area contributed by atoms with Gasteiger partial charge in [0.15, 0.2) is 5.78 Å². The lowest BCUT2D eigenvalue weighted by atomic mass is 9.89. The van der Waals surface area contributed by atoms with Crippen LogP contribution in [0.2, 0.25) is 5.02 Å². The van der Waals surface area contributed by atoms with Crippen molar-refractivity contribution in [1.29, 1.82) is 0 Å². The summed E-state index contributed by atoms with van der Waals surface area (Å²) < 4.78 is 45.4. The van der Waals surface area contributed by atoms with Gasteiger partial charge in [-0.2, -0.15) is 18.3 Å². The van der Waals surface area contributed by atoms with Crippen molar-refractivity contribution in [1.82, 2.24) is 15.1 Å². The van der Waals surface area contributed by atoms with Crippen molar-refractivity contribution in [2.75, 3.05) is 6.54 Å². The molecule has 0 bridgehead atoms. The fourth-order valence-corrected chi connectivity index (χ4v) is 6.06. The number of Topliss-reactive ketones (excluding diaryl/α,β-unsaturated/α-hetero) is 1. The van der Waals surface area contributed by atoms with Crippen LogP contribution in [0, 0.1) is 18.8 Å². The molecule has 0 saturated heterocycles. The van der Waals surface area contributed by atoms with Crippen molar-refractivity contribution in [3.63, 3.8) is 0 Å². The molecule has 0 aliphatic heterocycles. The van der Waals surface area contributed by atoms with Gasteiger partial charge in [-0.25, -0.2) is 0 Å². The highest BCUT2D eigenvalue weighted by Crippen LogP contribution is 2.30. The second-order valence-electron chi connectivity index (χ2n) is 11.5. The fourth-order valence-electron chi connectivity index (χ4n) is 5.93. The van der Waals surface area contributed by atoms with E-state index in [1.54, 1.807) is 37.3 Å². The van der Waals surface area contributed by atoms with Gasteiger partial charge >= 0.3 is 6.18 Å². The number of carbonyl (C=O) groups is 2. The monoisotopic (exact) mass is 625 g/mol. The number of rotatable bonds is 8. The predicted octanol–water partition coefficient (Wildman–Crippen LogP) is 8.94. The number of benzene rings is 3. The quantitative estimate of drug-likeness (QED) is 0.198. The largest absolute Gasteiger partial charge is 0.457 e. The average molecular weight is 626 g/mol. The number of alkyl halides is 3. The molecule has 44 heavy (non-hydrogen) atoms. The van der Waals surface area contributed by atoms with E-state index < -0.39 is 18.6 Å². The Balaban J connectivity index is 1.17. The molecule has 1 saturated carbocycles. The standard InChI is InChI=1S/C34H35ClF3N3O3/c1-22-29(33(43)39-21-34(36,37)38)17-18-31-30(22)20-41(40-31)19-23-5-2-3-7-24(8-4-6-23)32(42)25-9-13-27(14-10-25)44-28-15-11-26(35)12-16-28/h9-18,20,23-24H,2-8,19,21H2,1H3,(H,39,43). The minimum atomic E-state index is -4.47. The van der Waals surface area contributed by atoms with E-state index in [4.69, 9.17) is 16.3 Å². The number of aryl methyl sites for hydroxylation is 1. The Bertz CT molecular complexity index is 1600. The first-order valence-corrected chi connectivity index (χ1v) is 15.3. The van der Waals surface area contributed by atoms with E-state index >= 15 is 0 Å². The maximum absolute atomic E-state index is 13.4. The smallest absolute Gasteiger partial charge is 0.405 e. The van der Waals surface area contributed by atoms with E-state index in [1.165, 1.54) is 6.07 Å². The number of fused-ring (bicyclic) bond motifs is 1. The Morgan fingerprint density at radius 3 is 2.27 bits per heavy atom. The van der Waals surface area contributed by atoms with Gasteiger partial charge in [0, 0.05) is 40.2 Å². The number of hydrogen-bond acceptors (Lipinski definition) is 4. The summed E-state index contributed by atoms with van der Waals surface area (Å²) in [6.45, 7) is 1.06. The maximum Gasteiger partial charge on any atom is 0.405 e. The molecular weight excluding hydrogens is 591 g/mol. The lowest BCUT2D eigenvalue weighted by molar-refractivity contribution is -0.123. The van der Waals surface area contributed by atoms with E-state index in [2.05, 4.69) is 5.10 Å². The summed E-state index contributed by atoms with van der Waals surface area (Å²) in [5.74, 6) is 1.12. The molecule has 1 aromatic heterocycles. The van der Waals surface area contributed by atoms with Crippen molar-refractivity contribution in [2.24, 2.45) is 11.8 Å². The lowest BCUT2D eigenvalue weighted by Gasteiger charge is -2.16. The normalized spacial score (nSPS) is 17.8. The van der Waals surface area contributed by atoms with Gasteiger partial charge in [-0.05, 0) is 105 Å². The number of ketones is 1. The number of carbonyl (C=O) groups excluding carboxylic acids is 2. The Hall–Kier alpha value is -3.85. The third-order valence-corrected chi connectivity index (χ3v) is 8.54. The number of amides is 1. The highest BCUT2D eigenvalue weighted by Gasteiger charge is 2.28. The van der Waals surface area contributed by atoms with E-state index in [0.29, 0.717) is 45.6 Å². The molecule has 3 aromatic carbocycles. The van der Waals surface area contributed by atoms with Crippen LogP contribution in [0.4, 0.5) is 13.2 Å². The topological polar surface area (TPSA) is 73.2 Å². The SMILES string of the molecule is Cc1c(C(=O)NCC(F)(F)F)ccc2nn(CC3CCCCC(C(=O)c4ccc(Oc5ccc(Cl)cc5)cc4)CCC3)cc12. The zero-order chi connectivity index (χ0) is 31.3. The van der Waals surface area contributed by atoms with Crippen LogP contribution in [0.15, 0.2) is 66.9 Å². The molecule has 4 aromatic rings. The molecule has 6 nitrogen and oxygen atoms in total. The van der Waals surface area contributed by atoms with Gasteiger partial charge in [0.05, 0.1) is 5.52 Å². The summed E-state index contributed by atoms with van der Waals surface area (Å²) in [5, 5.41) is 8.02. The number of ether oxygens (including phenoxy) is 1. The van der Waals surface area contributed by atoms with Gasteiger partial charge in [-0.15, -0.1) is 0 Å². The van der Waals surface area contributed by atoms with Crippen LogP contribution < -0.4 is 10.1 Å². The fraction of sp³-hybridized carbons (Fsp3) is 0.382. The number of nitrogens with one attached hydrogen (secondary N) is 1. The summed E-state index contributed by atoms with van der Waals surface area (Å²) in [7, 11) is 0. The molecule has 1 fully saturated rings. The summed E-state index contributed by atoms with van der Waals surface area (Å²) in [5.41, 5.74) is 2.21. The van der Waals surface area contributed by atoms with Gasteiger partial charge < -0.3 is 10.1 Å². The first kappa shape index (κ1) is 31.6. The molecule has 2 atom stereocenters. The van der Waals surface area contributed by atoms with Crippen LogP contribution in [0.1, 0.15) is 71.2 Å². The van der Waals surface area contributed by atoms with Crippen LogP contribution in [0.25, 0.3) is 10.9 Å². The highest BCUT2D eigenvalue weighted by molar-refractivity contribution is 6.30. The van der Waals surface area contributed by atoms with Crippen LogP contribution >= 0.6 is 11.6 Å². The van der Waals surface area contributed by atoms with Crippen LogP contribution in [0.3, 0.4) is 0 Å².